The second kappa shape index (κ2) is 3.93. The molecule has 0 spiro atoms. The molecule has 0 saturated carbocycles. The maximum absolute atomic E-state index is 10.6. The average molecular weight is 283 g/mol. The van der Waals surface area contributed by atoms with Gasteiger partial charge in [0.05, 0.1) is 21.3 Å². The lowest BCUT2D eigenvalue weighted by molar-refractivity contribution is -0.383. The van der Waals surface area contributed by atoms with Crippen molar-refractivity contribution in [3.63, 3.8) is 0 Å². The Hall–Kier alpha value is -1.89. The number of halogens is 1. The normalized spacial score (nSPS) is 10.3. The van der Waals surface area contributed by atoms with E-state index in [0.717, 1.165) is 4.47 Å². The number of anilines is 1. The van der Waals surface area contributed by atoms with Crippen LogP contribution in [0.2, 0.25) is 0 Å². The number of aromatic nitrogens is 2. The summed E-state index contributed by atoms with van der Waals surface area (Å²) in [6.07, 6.45) is 3.36. The molecule has 0 bridgehead atoms. The van der Waals surface area contributed by atoms with Crippen LogP contribution in [0.1, 0.15) is 0 Å². The van der Waals surface area contributed by atoms with Gasteiger partial charge in [0.1, 0.15) is 5.69 Å². The zero-order valence-electron chi connectivity index (χ0n) is 8.00. The van der Waals surface area contributed by atoms with E-state index in [-0.39, 0.29) is 11.4 Å². The standard InChI is InChI=1S/C9H7BrN4O2/c10-6-4-12-13(5-6)7-1-2-9(14(15)16)8(11)3-7/h1-5H,11H2. The molecule has 0 saturated heterocycles. The molecule has 6 nitrogen and oxygen atoms in total. The monoisotopic (exact) mass is 282 g/mol. The summed E-state index contributed by atoms with van der Waals surface area (Å²) in [7, 11) is 0. The number of hydrogen-bond donors (Lipinski definition) is 1. The second-order valence-corrected chi connectivity index (χ2v) is 4.02. The van der Waals surface area contributed by atoms with Gasteiger partial charge in [-0.2, -0.15) is 5.10 Å². The fourth-order valence-corrected chi connectivity index (χ4v) is 1.58. The first kappa shape index (κ1) is 10.6. The van der Waals surface area contributed by atoms with E-state index in [1.807, 2.05) is 0 Å². The van der Waals surface area contributed by atoms with E-state index >= 15 is 0 Å². The Morgan fingerprint density at radius 2 is 2.25 bits per heavy atom. The van der Waals surface area contributed by atoms with Gasteiger partial charge in [-0.25, -0.2) is 4.68 Å². The molecule has 0 unspecified atom stereocenters. The number of nitro groups is 1. The number of nitrogen functional groups attached to an aromatic ring is 1. The van der Waals surface area contributed by atoms with Crippen molar-refractivity contribution in [2.75, 3.05) is 5.73 Å². The Morgan fingerprint density at radius 3 is 2.75 bits per heavy atom. The Balaban J connectivity index is 2.45. The third-order valence-electron chi connectivity index (χ3n) is 2.02. The van der Waals surface area contributed by atoms with E-state index < -0.39 is 4.92 Å². The molecule has 2 N–H and O–H groups in total. The number of nitrogens with two attached hydrogens (primary N) is 1. The molecule has 0 fully saturated rings. The van der Waals surface area contributed by atoms with Gasteiger partial charge in [-0.05, 0) is 28.1 Å². The van der Waals surface area contributed by atoms with E-state index in [1.165, 1.54) is 12.1 Å². The summed E-state index contributed by atoms with van der Waals surface area (Å²) in [5, 5.41) is 14.6. The molecule has 82 valence electrons. The molecule has 0 amide bonds. The average Bonchev–Trinajstić information content (AvgIpc) is 2.64. The second-order valence-electron chi connectivity index (χ2n) is 3.10. The highest BCUT2D eigenvalue weighted by atomic mass is 79.9. The first-order valence-corrected chi connectivity index (χ1v) is 5.11. The number of rotatable bonds is 2. The number of nitro benzene ring substituents is 1. The summed E-state index contributed by atoms with van der Waals surface area (Å²) < 4.78 is 2.40. The molecule has 2 aromatic rings. The molecular formula is C9H7BrN4O2. The molecule has 0 aliphatic rings. The Morgan fingerprint density at radius 1 is 1.50 bits per heavy atom. The number of benzene rings is 1. The summed E-state index contributed by atoms with van der Waals surface area (Å²) in [6.45, 7) is 0. The van der Waals surface area contributed by atoms with Crippen LogP contribution >= 0.6 is 15.9 Å². The topological polar surface area (TPSA) is 87.0 Å². The van der Waals surface area contributed by atoms with Crippen LogP contribution in [0.4, 0.5) is 11.4 Å². The number of nitrogens with zero attached hydrogens (tertiary/aromatic N) is 3. The van der Waals surface area contributed by atoms with Crippen LogP contribution < -0.4 is 5.73 Å². The van der Waals surface area contributed by atoms with Crippen LogP contribution in [0.5, 0.6) is 0 Å². The Labute approximate surface area is 99.0 Å². The summed E-state index contributed by atoms with van der Waals surface area (Å²) in [5.41, 5.74) is 6.26. The van der Waals surface area contributed by atoms with Crippen molar-refractivity contribution in [1.82, 2.24) is 9.78 Å². The van der Waals surface area contributed by atoms with Crippen molar-refractivity contribution >= 4 is 27.3 Å². The van der Waals surface area contributed by atoms with Crippen molar-refractivity contribution in [3.8, 4) is 5.69 Å². The zero-order chi connectivity index (χ0) is 11.7. The molecule has 0 aliphatic carbocycles. The first-order valence-electron chi connectivity index (χ1n) is 4.32. The SMILES string of the molecule is Nc1cc(-n2cc(Br)cn2)ccc1[N+](=O)[O-]. The highest BCUT2D eigenvalue weighted by Crippen LogP contribution is 2.24. The Bertz CT molecular complexity index is 552. The van der Waals surface area contributed by atoms with E-state index in [2.05, 4.69) is 21.0 Å². The number of hydrogen-bond acceptors (Lipinski definition) is 4. The molecular weight excluding hydrogens is 276 g/mol. The van der Waals surface area contributed by atoms with Crippen LogP contribution in [0.3, 0.4) is 0 Å². The minimum absolute atomic E-state index is 0.102. The molecule has 0 aliphatic heterocycles. The molecule has 2 rings (SSSR count). The lowest BCUT2D eigenvalue weighted by Crippen LogP contribution is -1.99. The molecule has 0 radical (unpaired) electrons. The third kappa shape index (κ3) is 1.89. The molecule has 1 heterocycles. The van der Waals surface area contributed by atoms with E-state index in [1.54, 1.807) is 23.1 Å². The molecule has 7 heteroatoms. The highest BCUT2D eigenvalue weighted by molar-refractivity contribution is 9.10. The summed E-state index contributed by atoms with van der Waals surface area (Å²) in [6, 6.07) is 4.46. The third-order valence-corrected chi connectivity index (χ3v) is 2.43. The first-order chi connectivity index (χ1) is 7.58. The van der Waals surface area contributed by atoms with Gasteiger partial charge >= 0.3 is 0 Å². The van der Waals surface area contributed by atoms with Crippen molar-refractivity contribution in [1.29, 1.82) is 0 Å². The Kier molecular flexibility index (Phi) is 2.61. The van der Waals surface area contributed by atoms with Gasteiger partial charge in [-0.1, -0.05) is 0 Å². The van der Waals surface area contributed by atoms with Gasteiger partial charge in [0.2, 0.25) is 0 Å². The predicted octanol–water partition coefficient (Wildman–Crippen LogP) is 2.13. The highest BCUT2D eigenvalue weighted by Gasteiger charge is 2.11. The van der Waals surface area contributed by atoms with Gasteiger partial charge in [-0.3, -0.25) is 10.1 Å². The van der Waals surface area contributed by atoms with Crippen LogP contribution in [0.25, 0.3) is 5.69 Å². The van der Waals surface area contributed by atoms with Crippen LogP contribution in [-0.4, -0.2) is 14.7 Å². The molecule has 16 heavy (non-hydrogen) atoms. The smallest absolute Gasteiger partial charge is 0.292 e. The summed E-state index contributed by atoms with van der Waals surface area (Å²) >= 11 is 3.26. The molecule has 1 aromatic carbocycles. The minimum atomic E-state index is -0.516. The summed E-state index contributed by atoms with van der Waals surface area (Å²) in [4.78, 5) is 10.1. The van der Waals surface area contributed by atoms with Crippen LogP contribution in [-0.2, 0) is 0 Å². The van der Waals surface area contributed by atoms with Crippen molar-refractivity contribution in [2.45, 2.75) is 0 Å². The lowest BCUT2D eigenvalue weighted by atomic mass is 10.2. The quantitative estimate of drug-likeness (QED) is 0.519. The maximum Gasteiger partial charge on any atom is 0.292 e. The van der Waals surface area contributed by atoms with Crippen molar-refractivity contribution in [2.24, 2.45) is 0 Å². The van der Waals surface area contributed by atoms with E-state index in [9.17, 15) is 10.1 Å². The molecule has 1 aromatic heterocycles. The van der Waals surface area contributed by atoms with E-state index in [0.29, 0.717) is 5.69 Å². The van der Waals surface area contributed by atoms with Gasteiger partial charge in [0.15, 0.2) is 0 Å². The van der Waals surface area contributed by atoms with Crippen LogP contribution in [0.15, 0.2) is 35.1 Å². The van der Waals surface area contributed by atoms with E-state index in [4.69, 9.17) is 5.73 Å². The lowest BCUT2D eigenvalue weighted by Gasteiger charge is -2.02. The maximum atomic E-state index is 10.6. The van der Waals surface area contributed by atoms with Gasteiger partial charge < -0.3 is 5.73 Å². The predicted molar refractivity (Wildman–Crippen MR) is 62.3 cm³/mol. The summed E-state index contributed by atoms with van der Waals surface area (Å²) in [5.74, 6) is 0. The largest absolute Gasteiger partial charge is 0.393 e. The zero-order valence-corrected chi connectivity index (χ0v) is 9.59. The molecule has 0 atom stereocenters. The fourth-order valence-electron chi connectivity index (χ4n) is 1.29. The minimum Gasteiger partial charge on any atom is -0.393 e. The van der Waals surface area contributed by atoms with Crippen molar-refractivity contribution < 1.29 is 4.92 Å². The fraction of sp³-hybridized carbons (Fsp3) is 0. The van der Waals surface area contributed by atoms with Gasteiger partial charge in [0.25, 0.3) is 5.69 Å². The van der Waals surface area contributed by atoms with Crippen LogP contribution in [0, 0.1) is 10.1 Å². The van der Waals surface area contributed by atoms with Gasteiger partial charge in [0, 0.05) is 12.3 Å². The van der Waals surface area contributed by atoms with Gasteiger partial charge in [-0.15, -0.1) is 0 Å². The van der Waals surface area contributed by atoms with Crippen molar-refractivity contribution in [3.05, 3.63) is 45.2 Å².